The van der Waals surface area contributed by atoms with E-state index in [0.717, 1.165) is 39.4 Å². The Kier molecular flexibility index (Phi) is 7.92. The molecule has 2 rings (SSSR count). The van der Waals surface area contributed by atoms with Crippen molar-refractivity contribution in [1.29, 1.82) is 0 Å². The van der Waals surface area contributed by atoms with Crippen molar-refractivity contribution < 1.29 is 9.47 Å². The van der Waals surface area contributed by atoms with Crippen LogP contribution in [-0.4, -0.2) is 14.2 Å². The Morgan fingerprint density at radius 1 is 0.793 bits per heavy atom. The second-order valence-corrected chi connectivity index (χ2v) is 6.45. The van der Waals surface area contributed by atoms with Crippen molar-refractivity contribution in [2.24, 2.45) is 0 Å². The lowest BCUT2D eigenvalue weighted by atomic mass is 10.1. The second-order valence-electron chi connectivity index (χ2n) is 6.45. The molecule has 0 bridgehead atoms. The van der Waals surface area contributed by atoms with E-state index in [1.165, 1.54) is 0 Å². The third-order valence-corrected chi connectivity index (χ3v) is 4.34. The first-order valence-corrected chi connectivity index (χ1v) is 9.20. The van der Waals surface area contributed by atoms with E-state index in [-0.39, 0.29) is 0 Å². The number of anilines is 2. The summed E-state index contributed by atoms with van der Waals surface area (Å²) >= 11 is 0. The van der Waals surface area contributed by atoms with Gasteiger partial charge in [-0.05, 0) is 48.4 Å². The highest BCUT2D eigenvalue weighted by Crippen LogP contribution is 2.20. The molecule has 0 unspecified atom stereocenters. The molecule has 0 saturated heterocycles. The van der Waals surface area contributed by atoms with E-state index in [4.69, 9.17) is 20.9 Å². The monoisotopic (exact) mass is 388 g/mol. The van der Waals surface area contributed by atoms with Crippen LogP contribution < -0.4 is 11.5 Å². The normalized spacial score (nSPS) is 12.9. The van der Waals surface area contributed by atoms with Crippen molar-refractivity contribution in [1.82, 2.24) is 0 Å². The molecular formula is C25H28N2O2. The molecule has 4 heteroatoms. The molecule has 0 aromatic heterocycles. The van der Waals surface area contributed by atoms with Gasteiger partial charge in [0.2, 0.25) is 0 Å². The minimum absolute atomic E-state index is 0.644. The van der Waals surface area contributed by atoms with Crippen LogP contribution in [0.2, 0.25) is 0 Å². The van der Waals surface area contributed by atoms with Crippen molar-refractivity contribution in [3.63, 3.8) is 0 Å². The van der Waals surface area contributed by atoms with Crippen LogP contribution in [0, 0.1) is 0 Å². The highest BCUT2D eigenvalue weighted by molar-refractivity contribution is 5.60. The zero-order valence-electron chi connectivity index (χ0n) is 17.2. The lowest BCUT2D eigenvalue weighted by Crippen LogP contribution is -1.93. The van der Waals surface area contributed by atoms with Crippen LogP contribution in [0.4, 0.5) is 11.4 Å². The van der Waals surface area contributed by atoms with Crippen molar-refractivity contribution in [2.75, 3.05) is 25.7 Å². The van der Waals surface area contributed by atoms with Crippen LogP contribution in [0.1, 0.15) is 18.1 Å². The van der Waals surface area contributed by atoms with Gasteiger partial charge in [-0.25, -0.2) is 0 Å². The number of benzene rings is 2. The van der Waals surface area contributed by atoms with Gasteiger partial charge in [-0.2, -0.15) is 0 Å². The van der Waals surface area contributed by atoms with E-state index in [1.807, 2.05) is 85.8 Å². The standard InChI is InChI=1S/C25H28N2O2/c1-18(5-6-20-8-13-23(26)14-9-20)25(29-4)17-22(19(2)28-3)12-7-21-10-15-24(27)16-11-21/h5-17H,1,26-27H2,2-4H3/b6-5+,12-7+,22-19+,25-17+. The topological polar surface area (TPSA) is 70.5 Å². The zero-order chi connectivity index (χ0) is 21.2. The van der Waals surface area contributed by atoms with Gasteiger partial charge in [0.25, 0.3) is 0 Å². The minimum Gasteiger partial charge on any atom is -0.501 e. The van der Waals surface area contributed by atoms with E-state index >= 15 is 0 Å². The number of allylic oxidation sites excluding steroid dienone is 5. The number of methoxy groups -OCH3 is 2. The third kappa shape index (κ3) is 6.78. The summed E-state index contributed by atoms with van der Waals surface area (Å²) in [5, 5.41) is 0. The van der Waals surface area contributed by atoms with Crippen LogP contribution in [0.3, 0.4) is 0 Å². The Labute approximate surface area is 173 Å². The molecule has 150 valence electrons. The van der Waals surface area contributed by atoms with Gasteiger partial charge < -0.3 is 20.9 Å². The maximum Gasteiger partial charge on any atom is 0.126 e. The Bertz CT molecular complexity index is 947. The fourth-order valence-corrected chi connectivity index (χ4v) is 2.49. The predicted octanol–water partition coefficient (Wildman–Crippen LogP) is 5.58. The Hall–Kier alpha value is -3.66. The first-order valence-electron chi connectivity index (χ1n) is 9.20. The van der Waals surface area contributed by atoms with Gasteiger partial charge in [0.1, 0.15) is 5.76 Å². The van der Waals surface area contributed by atoms with E-state index in [1.54, 1.807) is 14.2 Å². The van der Waals surface area contributed by atoms with Gasteiger partial charge in [-0.1, -0.05) is 55.1 Å². The molecule has 0 heterocycles. The summed E-state index contributed by atoms with van der Waals surface area (Å²) in [6, 6.07) is 15.3. The van der Waals surface area contributed by atoms with Crippen molar-refractivity contribution >= 4 is 23.5 Å². The molecule has 0 aliphatic carbocycles. The quantitative estimate of drug-likeness (QED) is 0.352. The molecule has 4 N–H and O–H groups in total. The molecule has 4 nitrogen and oxygen atoms in total. The van der Waals surface area contributed by atoms with Crippen LogP contribution in [-0.2, 0) is 9.47 Å². The van der Waals surface area contributed by atoms with Gasteiger partial charge in [0, 0.05) is 22.5 Å². The molecule has 0 spiro atoms. The van der Waals surface area contributed by atoms with Gasteiger partial charge in [-0.3, -0.25) is 0 Å². The van der Waals surface area contributed by atoms with Crippen LogP contribution in [0.25, 0.3) is 12.2 Å². The Morgan fingerprint density at radius 3 is 1.72 bits per heavy atom. The molecule has 0 atom stereocenters. The van der Waals surface area contributed by atoms with E-state index in [9.17, 15) is 0 Å². The maximum absolute atomic E-state index is 5.75. The van der Waals surface area contributed by atoms with Crippen LogP contribution >= 0.6 is 0 Å². The summed E-state index contributed by atoms with van der Waals surface area (Å²) in [6.07, 6.45) is 9.74. The molecular weight excluding hydrogens is 360 g/mol. The van der Waals surface area contributed by atoms with E-state index < -0.39 is 0 Å². The second kappa shape index (κ2) is 10.6. The van der Waals surface area contributed by atoms with Crippen molar-refractivity contribution in [3.8, 4) is 0 Å². The number of hydrogen-bond donors (Lipinski definition) is 2. The average Bonchev–Trinajstić information content (AvgIpc) is 2.74. The highest BCUT2D eigenvalue weighted by Gasteiger charge is 2.04. The molecule has 2 aromatic rings. The molecule has 0 aliphatic heterocycles. The molecule has 2 aromatic carbocycles. The number of hydrogen-bond acceptors (Lipinski definition) is 4. The van der Waals surface area contributed by atoms with Gasteiger partial charge in [0.05, 0.1) is 20.0 Å². The van der Waals surface area contributed by atoms with Crippen molar-refractivity contribution in [2.45, 2.75) is 6.92 Å². The molecule has 0 fully saturated rings. The van der Waals surface area contributed by atoms with Crippen LogP contribution in [0.5, 0.6) is 0 Å². The first kappa shape index (κ1) is 21.6. The fourth-order valence-electron chi connectivity index (χ4n) is 2.49. The summed E-state index contributed by atoms with van der Waals surface area (Å²) in [5.41, 5.74) is 16.6. The average molecular weight is 389 g/mol. The smallest absolute Gasteiger partial charge is 0.126 e. The fraction of sp³-hybridized carbons (Fsp3) is 0.120. The summed E-state index contributed by atoms with van der Waals surface area (Å²) in [6.45, 7) is 6.02. The SMILES string of the molecule is C=C(/C=C/c1ccc(N)cc1)\C(=C/C(/C=C/c1ccc(N)cc1)=C(\C)OC)OC. The van der Waals surface area contributed by atoms with E-state index in [2.05, 4.69) is 6.58 Å². The summed E-state index contributed by atoms with van der Waals surface area (Å²) < 4.78 is 11.0. The summed E-state index contributed by atoms with van der Waals surface area (Å²) in [5.74, 6) is 1.41. The van der Waals surface area contributed by atoms with Crippen molar-refractivity contribution in [3.05, 3.63) is 107 Å². The van der Waals surface area contributed by atoms with Crippen LogP contribution in [0.15, 0.2) is 96.0 Å². The number of rotatable bonds is 8. The summed E-state index contributed by atoms with van der Waals surface area (Å²) in [4.78, 5) is 0. The largest absolute Gasteiger partial charge is 0.501 e. The maximum atomic E-state index is 5.75. The third-order valence-electron chi connectivity index (χ3n) is 4.34. The number of nitrogens with two attached hydrogens (primary N) is 2. The van der Waals surface area contributed by atoms with Gasteiger partial charge in [0.15, 0.2) is 0 Å². The Balaban J connectivity index is 2.25. The summed E-state index contributed by atoms with van der Waals surface area (Å²) in [7, 11) is 3.26. The number of ether oxygens (including phenoxy) is 2. The lowest BCUT2D eigenvalue weighted by Gasteiger charge is -2.09. The first-order chi connectivity index (χ1) is 13.9. The predicted molar refractivity (Wildman–Crippen MR) is 124 cm³/mol. The molecule has 0 amide bonds. The zero-order valence-corrected chi connectivity index (χ0v) is 17.2. The van der Waals surface area contributed by atoms with Gasteiger partial charge >= 0.3 is 0 Å². The molecule has 0 saturated carbocycles. The van der Waals surface area contributed by atoms with E-state index in [0.29, 0.717) is 5.76 Å². The number of nitrogen functional groups attached to an aromatic ring is 2. The molecule has 29 heavy (non-hydrogen) atoms. The minimum atomic E-state index is 0.644. The molecule has 0 aliphatic rings. The highest BCUT2D eigenvalue weighted by atomic mass is 16.5. The Morgan fingerprint density at radius 2 is 1.28 bits per heavy atom. The van der Waals surface area contributed by atoms with Gasteiger partial charge in [-0.15, -0.1) is 0 Å². The lowest BCUT2D eigenvalue weighted by molar-refractivity contribution is 0.288. The molecule has 0 radical (unpaired) electrons.